The fourth-order valence-electron chi connectivity index (χ4n) is 6.02. The highest BCUT2D eigenvalue weighted by Crippen LogP contribution is 2.46. The molecule has 0 fully saturated rings. The van der Waals surface area contributed by atoms with E-state index in [9.17, 15) is 9.59 Å². The molecule has 1 amide bonds. The smallest absolute Gasteiger partial charge is 0.239 e. The molecule has 6 nitrogen and oxygen atoms in total. The minimum atomic E-state index is -0.147. The normalized spacial score (nSPS) is 22.5. The van der Waals surface area contributed by atoms with Crippen LogP contribution in [0.5, 0.6) is 5.75 Å². The van der Waals surface area contributed by atoms with E-state index < -0.39 is 0 Å². The van der Waals surface area contributed by atoms with Gasteiger partial charge < -0.3 is 20.3 Å². The van der Waals surface area contributed by atoms with E-state index in [-0.39, 0.29) is 35.6 Å². The number of hydrogen-bond acceptors (Lipinski definition) is 5. The maximum absolute atomic E-state index is 13.7. The van der Waals surface area contributed by atoms with E-state index in [0.717, 1.165) is 59.6 Å². The molecule has 1 aliphatic heterocycles. The largest absolute Gasteiger partial charge is 0.497 e. The van der Waals surface area contributed by atoms with Crippen molar-refractivity contribution >= 4 is 23.1 Å². The van der Waals surface area contributed by atoms with E-state index in [2.05, 4.69) is 53.7 Å². The highest BCUT2D eigenvalue weighted by molar-refractivity contribution is 6.01. The molecule has 0 saturated heterocycles. The maximum Gasteiger partial charge on any atom is 0.239 e. The Kier molecular flexibility index (Phi) is 7.09. The Morgan fingerprint density at radius 2 is 1.89 bits per heavy atom. The van der Waals surface area contributed by atoms with Crippen LogP contribution in [0.25, 0.3) is 0 Å². The average molecular weight is 500 g/mol. The van der Waals surface area contributed by atoms with Crippen molar-refractivity contribution in [2.45, 2.75) is 58.5 Å². The molecule has 2 atom stereocenters. The number of nitrogens with one attached hydrogen (secondary N) is 2. The number of methoxy groups -OCH3 is 1. The lowest BCUT2D eigenvalue weighted by Gasteiger charge is -2.41. The molecule has 2 N–H and O–H groups in total. The highest BCUT2D eigenvalue weighted by Gasteiger charge is 2.43. The predicted octanol–water partition coefficient (Wildman–Crippen LogP) is 5.61. The zero-order valence-electron chi connectivity index (χ0n) is 22.0. The van der Waals surface area contributed by atoms with Gasteiger partial charge in [0.2, 0.25) is 5.91 Å². The van der Waals surface area contributed by atoms with Crippen LogP contribution >= 0.6 is 0 Å². The third-order valence-corrected chi connectivity index (χ3v) is 7.77. The van der Waals surface area contributed by atoms with Crippen LogP contribution < -0.4 is 20.3 Å². The molecule has 2 aromatic rings. The van der Waals surface area contributed by atoms with Gasteiger partial charge in [-0.05, 0) is 66.8 Å². The molecular formula is C31H37N3O3. The molecule has 37 heavy (non-hydrogen) atoms. The van der Waals surface area contributed by atoms with Crippen molar-refractivity contribution in [1.29, 1.82) is 0 Å². The summed E-state index contributed by atoms with van der Waals surface area (Å²) in [7, 11) is 1.64. The van der Waals surface area contributed by atoms with Gasteiger partial charge in [-0.15, -0.1) is 0 Å². The van der Waals surface area contributed by atoms with E-state index >= 15 is 0 Å². The number of ether oxygens (including phenoxy) is 1. The van der Waals surface area contributed by atoms with E-state index in [4.69, 9.17) is 4.74 Å². The molecule has 2 unspecified atom stereocenters. The van der Waals surface area contributed by atoms with E-state index in [1.54, 1.807) is 7.11 Å². The van der Waals surface area contributed by atoms with Crippen molar-refractivity contribution in [2.75, 3.05) is 23.9 Å². The van der Waals surface area contributed by atoms with Crippen LogP contribution in [0.4, 0.5) is 11.4 Å². The number of hydrogen-bond donors (Lipinski definition) is 2. The first kappa shape index (κ1) is 25.1. The SMILES string of the molecule is COc1ccc(CNC(=O)CN2c3ccccc3NC3=C(C(=O)CC(C)(C)C3)C2C2CC=CCC2)cc1. The number of benzene rings is 2. The Morgan fingerprint density at radius 1 is 1.11 bits per heavy atom. The van der Waals surface area contributed by atoms with Crippen molar-refractivity contribution in [2.24, 2.45) is 11.3 Å². The number of amides is 1. The molecular weight excluding hydrogens is 462 g/mol. The number of rotatable bonds is 6. The number of nitrogens with zero attached hydrogens (tertiary/aromatic N) is 1. The van der Waals surface area contributed by atoms with Gasteiger partial charge in [-0.2, -0.15) is 0 Å². The fourth-order valence-corrected chi connectivity index (χ4v) is 6.02. The number of fused-ring (bicyclic) bond motifs is 1. The number of allylic oxidation sites excluding steroid dienone is 3. The van der Waals surface area contributed by atoms with Gasteiger partial charge in [-0.1, -0.05) is 50.3 Å². The molecule has 0 saturated carbocycles. The van der Waals surface area contributed by atoms with Crippen LogP contribution in [-0.4, -0.2) is 31.4 Å². The topological polar surface area (TPSA) is 70.7 Å². The van der Waals surface area contributed by atoms with Gasteiger partial charge in [0.25, 0.3) is 0 Å². The van der Waals surface area contributed by atoms with Crippen LogP contribution in [0.15, 0.2) is 72.0 Å². The van der Waals surface area contributed by atoms with E-state index in [1.165, 1.54) is 0 Å². The Balaban J connectivity index is 1.48. The van der Waals surface area contributed by atoms with Crippen LogP contribution in [0.1, 0.15) is 51.5 Å². The van der Waals surface area contributed by atoms with Gasteiger partial charge in [0, 0.05) is 24.2 Å². The van der Waals surface area contributed by atoms with Crippen molar-refractivity contribution in [1.82, 2.24) is 5.32 Å². The molecule has 194 valence electrons. The molecule has 0 bridgehead atoms. The number of Topliss-reactive ketones (excluding diaryl/α,β-unsaturated/α-hetero) is 1. The zero-order valence-corrected chi connectivity index (χ0v) is 22.0. The number of ketones is 1. The minimum absolute atomic E-state index is 0.0605. The van der Waals surface area contributed by atoms with Gasteiger partial charge in [-0.25, -0.2) is 0 Å². The third kappa shape index (κ3) is 5.43. The van der Waals surface area contributed by atoms with Crippen LogP contribution in [-0.2, 0) is 16.1 Å². The van der Waals surface area contributed by atoms with Crippen molar-refractivity contribution in [3.63, 3.8) is 0 Å². The van der Waals surface area contributed by atoms with Crippen molar-refractivity contribution < 1.29 is 14.3 Å². The first-order chi connectivity index (χ1) is 17.8. The Hall–Kier alpha value is -3.54. The summed E-state index contributed by atoms with van der Waals surface area (Å²) in [5.74, 6) is 1.20. The van der Waals surface area contributed by atoms with E-state index in [1.807, 2.05) is 36.4 Å². The zero-order chi connectivity index (χ0) is 26.0. The Labute approximate surface area is 219 Å². The lowest BCUT2D eigenvalue weighted by molar-refractivity contribution is -0.121. The summed E-state index contributed by atoms with van der Waals surface area (Å²) >= 11 is 0. The monoisotopic (exact) mass is 499 g/mol. The molecule has 2 aliphatic carbocycles. The Bertz CT molecular complexity index is 1230. The lowest BCUT2D eigenvalue weighted by Crippen LogP contribution is -2.49. The summed E-state index contributed by atoms with van der Waals surface area (Å²) in [6.45, 7) is 4.95. The van der Waals surface area contributed by atoms with Crippen LogP contribution in [0, 0.1) is 11.3 Å². The van der Waals surface area contributed by atoms with Gasteiger partial charge in [0.05, 0.1) is 31.1 Å². The molecule has 0 spiro atoms. The summed E-state index contributed by atoms with van der Waals surface area (Å²) < 4.78 is 5.24. The summed E-state index contributed by atoms with van der Waals surface area (Å²) in [6.07, 6.45) is 8.71. The molecule has 6 heteroatoms. The molecule has 3 aliphatic rings. The number of carbonyl (C=O) groups excluding carboxylic acids is 2. The molecule has 2 aromatic carbocycles. The van der Waals surface area contributed by atoms with Crippen molar-refractivity contribution in [3.8, 4) is 5.75 Å². The van der Waals surface area contributed by atoms with Gasteiger partial charge in [0.15, 0.2) is 5.78 Å². The molecule has 1 heterocycles. The minimum Gasteiger partial charge on any atom is -0.497 e. The fraction of sp³-hybridized carbons (Fsp3) is 0.419. The molecule has 0 aromatic heterocycles. The maximum atomic E-state index is 13.7. The van der Waals surface area contributed by atoms with Crippen LogP contribution in [0.3, 0.4) is 0 Å². The quantitative estimate of drug-likeness (QED) is 0.506. The number of para-hydroxylation sites is 2. The van der Waals surface area contributed by atoms with E-state index in [0.29, 0.717) is 13.0 Å². The second-order valence-electron chi connectivity index (χ2n) is 11.2. The standard InChI is InChI=1S/C31H37N3O3/c1-31(2)17-25-29(27(35)18-31)30(22-9-5-4-6-10-22)34(26-12-8-7-11-24(26)33-25)20-28(36)32-19-21-13-15-23(37-3)16-14-21/h4-5,7-8,11-16,22,30,33H,6,9-10,17-20H2,1-3H3,(H,32,36). The summed E-state index contributed by atoms with van der Waals surface area (Å²) in [4.78, 5) is 29.3. The first-order valence-electron chi connectivity index (χ1n) is 13.3. The Morgan fingerprint density at radius 3 is 2.62 bits per heavy atom. The second-order valence-corrected chi connectivity index (χ2v) is 11.2. The lowest BCUT2D eigenvalue weighted by atomic mass is 9.71. The second kappa shape index (κ2) is 10.4. The van der Waals surface area contributed by atoms with Crippen LogP contribution in [0.2, 0.25) is 0 Å². The summed E-state index contributed by atoms with van der Waals surface area (Å²) in [6, 6.07) is 15.7. The third-order valence-electron chi connectivity index (χ3n) is 7.77. The number of carbonyl (C=O) groups is 2. The van der Waals surface area contributed by atoms with Gasteiger partial charge in [-0.3, -0.25) is 9.59 Å². The first-order valence-corrected chi connectivity index (χ1v) is 13.3. The number of anilines is 2. The van der Waals surface area contributed by atoms with Gasteiger partial charge >= 0.3 is 0 Å². The molecule has 0 radical (unpaired) electrons. The average Bonchev–Trinajstić information content (AvgIpc) is 3.02. The van der Waals surface area contributed by atoms with Crippen molar-refractivity contribution in [3.05, 3.63) is 77.5 Å². The van der Waals surface area contributed by atoms with Gasteiger partial charge in [0.1, 0.15) is 5.75 Å². The summed E-state index contributed by atoms with van der Waals surface area (Å²) in [5.41, 5.74) is 4.74. The summed E-state index contributed by atoms with van der Waals surface area (Å²) in [5, 5.41) is 6.74. The predicted molar refractivity (Wildman–Crippen MR) is 148 cm³/mol. The molecule has 5 rings (SSSR count). The highest BCUT2D eigenvalue weighted by atomic mass is 16.5.